The van der Waals surface area contributed by atoms with Crippen molar-refractivity contribution in [3.63, 3.8) is 0 Å². The molecule has 0 unspecified atom stereocenters. The van der Waals surface area contributed by atoms with Gasteiger partial charge in [0.25, 0.3) is 5.91 Å². The first-order valence-corrected chi connectivity index (χ1v) is 8.87. The third-order valence-electron chi connectivity index (χ3n) is 4.42. The molecule has 1 atom stereocenters. The lowest BCUT2D eigenvalue weighted by Gasteiger charge is -2.26. The zero-order chi connectivity index (χ0) is 18.7. The van der Waals surface area contributed by atoms with Crippen LogP contribution in [0.15, 0.2) is 42.5 Å². The zero-order valence-electron chi connectivity index (χ0n) is 15.3. The van der Waals surface area contributed by atoms with E-state index in [1.54, 1.807) is 6.07 Å². The van der Waals surface area contributed by atoms with Crippen LogP contribution in [0.4, 0.5) is 5.69 Å². The van der Waals surface area contributed by atoms with Crippen molar-refractivity contribution in [3.8, 4) is 5.75 Å². The van der Waals surface area contributed by atoms with E-state index in [0.717, 1.165) is 16.9 Å². The molecule has 3 rings (SSSR count). The summed E-state index contributed by atoms with van der Waals surface area (Å²) in [5.74, 6) is 0.411. The molecule has 5 heteroatoms. The van der Waals surface area contributed by atoms with Gasteiger partial charge in [-0.15, -0.1) is 0 Å². The van der Waals surface area contributed by atoms with Crippen LogP contribution < -0.4 is 15.4 Å². The Morgan fingerprint density at radius 3 is 2.65 bits per heavy atom. The fourth-order valence-electron chi connectivity index (χ4n) is 3.07. The topological polar surface area (TPSA) is 67.4 Å². The molecule has 5 nitrogen and oxygen atoms in total. The van der Waals surface area contributed by atoms with E-state index in [-0.39, 0.29) is 23.8 Å². The van der Waals surface area contributed by atoms with E-state index in [1.807, 2.05) is 57.2 Å². The van der Waals surface area contributed by atoms with Gasteiger partial charge in [0.15, 0.2) is 0 Å². The molecule has 0 aliphatic carbocycles. The lowest BCUT2D eigenvalue weighted by atomic mass is 9.95. The standard InChI is InChI=1S/C21H24N2O3/c1-13(2)22-20(24)16-10-15-11-17(8-9-19(15)26-12-16)23-21(25)18-7-5-4-6-14(18)3/h4-9,11,13,16H,10,12H2,1-3H3,(H,22,24)(H,23,25)/t16-/m0/s1. The SMILES string of the molecule is Cc1ccccc1C(=O)Nc1ccc2c(c1)C[C@H](C(=O)NC(C)C)CO2. The van der Waals surface area contributed by atoms with Gasteiger partial charge >= 0.3 is 0 Å². The molecule has 1 aliphatic rings. The molecular formula is C21H24N2O3. The van der Waals surface area contributed by atoms with Crippen LogP contribution in [0.25, 0.3) is 0 Å². The predicted octanol–water partition coefficient (Wildman–Crippen LogP) is 3.32. The summed E-state index contributed by atoms with van der Waals surface area (Å²) in [6, 6.07) is 13.1. The van der Waals surface area contributed by atoms with E-state index < -0.39 is 0 Å². The van der Waals surface area contributed by atoms with Crippen molar-refractivity contribution >= 4 is 17.5 Å². The molecule has 136 valence electrons. The first kappa shape index (κ1) is 18.0. The quantitative estimate of drug-likeness (QED) is 0.887. The Kier molecular flexibility index (Phi) is 5.26. The summed E-state index contributed by atoms with van der Waals surface area (Å²) in [5, 5.41) is 5.86. The summed E-state index contributed by atoms with van der Waals surface area (Å²) in [7, 11) is 0. The molecule has 0 saturated carbocycles. The van der Waals surface area contributed by atoms with Gasteiger partial charge in [0, 0.05) is 17.3 Å². The third-order valence-corrected chi connectivity index (χ3v) is 4.42. The van der Waals surface area contributed by atoms with Gasteiger partial charge < -0.3 is 15.4 Å². The summed E-state index contributed by atoms with van der Waals surface area (Å²) >= 11 is 0. The molecule has 0 radical (unpaired) electrons. The van der Waals surface area contributed by atoms with Crippen molar-refractivity contribution in [2.24, 2.45) is 5.92 Å². The molecule has 2 amide bonds. The van der Waals surface area contributed by atoms with Crippen molar-refractivity contribution in [2.45, 2.75) is 33.2 Å². The molecule has 0 saturated heterocycles. The summed E-state index contributed by atoms with van der Waals surface area (Å²) in [5.41, 5.74) is 3.21. The molecule has 1 heterocycles. The minimum atomic E-state index is -0.216. The van der Waals surface area contributed by atoms with Gasteiger partial charge in [-0.2, -0.15) is 0 Å². The summed E-state index contributed by atoms with van der Waals surface area (Å²) in [4.78, 5) is 24.7. The minimum Gasteiger partial charge on any atom is -0.492 e. The second-order valence-corrected chi connectivity index (χ2v) is 6.97. The van der Waals surface area contributed by atoms with E-state index in [1.165, 1.54) is 0 Å². The van der Waals surface area contributed by atoms with Gasteiger partial charge in [0.2, 0.25) is 5.91 Å². The maximum Gasteiger partial charge on any atom is 0.255 e. The minimum absolute atomic E-state index is 0.000000941. The van der Waals surface area contributed by atoms with Crippen molar-refractivity contribution < 1.29 is 14.3 Å². The molecule has 1 aliphatic heterocycles. The number of amides is 2. The van der Waals surface area contributed by atoms with Crippen molar-refractivity contribution in [3.05, 3.63) is 59.2 Å². The first-order chi connectivity index (χ1) is 12.4. The lowest BCUT2D eigenvalue weighted by molar-refractivity contribution is -0.126. The summed E-state index contributed by atoms with van der Waals surface area (Å²) in [6.07, 6.45) is 0.599. The molecule has 0 spiro atoms. The smallest absolute Gasteiger partial charge is 0.255 e. The van der Waals surface area contributed by atoms with E-state index in [9.17, 15) is 9.59 Å². The number of carbonyl (C=O) groups excluding carboxylic acids is 2. The van der Waals surface area contributed by atoms with Crippen LogP contribution in [-0.4, -0.2) is 24.5 Å². The Labute approximate surface area is 153 Å². The largest absolute Gasteiger partial charge is 0.492 e. The highest BCUT2D eigenvalue weighted by molar-refractivity contribution is 6.05. The van der Waals surface area contributed by atoms with E-state index >= 15 is 0 Å². The zero-order valence-corrected chi connectivity index (χ0v) is 15.3. The second-order valence-electron chi connectivity index (χ2n) is 6.97. The first-order valence-electron chi connectivity index (χ1n) is 8.87. The van der Waals surface area contributed by atoms with Crippen LogP contribution in [0.2, 0.25) is 0 Å². The number of fused-ring (bicyclic) bond motifs is 1. The number of benzene rings is 2. The fourth-order valence-corrected chi connectivity index (χ4v) is 3.07. The Morgan fingerprint density at radius 1 is 1.15 bits per heavy atom. The van der Waals surface area contributed by atoms with Crippen molar-refractivity contribution in [2.75, 3.05) is 11.9 Å². The molecule has 2 N–H and O–H groups in total. The Morgan fingerprint density at radius 2 is 1.92 bits per heavy atom. The van der Waals surface area contributed by atoms with E-state index in [2.05, 4.69) is 10.6 Å². The number of carbonyl (C=O) groups is 2. The van der Waals surface area contributed by atoms with Crippen molar-refractivity contribution in [1.29, 1.82) is 0 Å². The molecule has 0 aromatic heterocycles. The van der Waals surface area contributed by atoms with Gasteiger partial charge in [-0.1, -0.05) is 18.2 Å². The van der Waals surface area contributed by atoms with Crippen LogP contribution in [0, 0.1) is 12.8 Å². The van der Waals surface area contributed by atoms with Gasteiger partial charge in [-0.3, -0.25) is 9.59 Å². The highest BCUT2D eigenvalue weighted by Gasteiger charge is 2.26. The highest BCUT2D eigenvalue weighted by Crippen LogP contribution is 2.30. The molecule has 2 aromatic carbocycles. The van der Waals surface area contributed by atoms with Gasteiger partial charge in [-0.05, 0) is 62.6 Å². The lowest BCUT2D eigenvalue weighted by Crippen LogP contribution is -2.40. The number of hydrogen-bond acceptors (Lipinski definition) is 3. The number of anilines is 1. The van der Waals surface area contributed by atoms with Crippen LogP contribution in [0.1, 0.15) is 35.3 Å². The normalized spacial score (nSPS) is 15.8. The summed E-state index contributed by atoms with van der Waals surface area (Å²) < 4.78 is 5.73. The number of rotatable bonds is 4. The maximum absolute atomic E-state index is 12.5. The summed E-state index contributed by atoms with van der Waals surface area (Å²) in [6.45, 7) is 6.16. The number of nitrogens with one attached hydrogen (secondary N) is 2. The van der Waals surface area contributed by atoms with Crippen LogP contribution >= 0.6 is 0 Å². The monoisotopic (exact) mass is 352 g/mol. The molecular weight excluding hydrogens is 328 g/mol. The predicted molar refractivity (Wildman–Crippen MR) is 102 cm³/mol. The highest BCUT2D eigenvalue weighted by atomic mass is 16.5. The van der Waals surface area contributed by atoms with E-state index in [0.29, 0.717) is 24.3 Å². The number of hydrogen-bond donors (Lipinski definition) is 2. The molecule has 0 bridgehead atoms. The number of aryl methyl sites for hydroxylation is 1. The van der Waals surface area contributed by atoms with Crippen molar-refractivity contribution in [1.82, 2.24) is 5.32 Å². The van der Waals surface area contributed by atoms with Gasteiger partial charge in [0.1, 0.15) is 12.4 Å². The van der Waals surface area contributed by atoms with Gasteiger partial charge in [0.05, 0.1) is 5.92 Å². The number of ether oxygens (including phenoxy) is 1. The second kappa shape index (κ2) is 7.60. The Balaban J connectivity index is 1.74. The Bertz CT molecular complexity index is 830. The maximum atomic E-state index is 12.5. The Hall–Kier alpha value is -2.82. The average molecular weight is 352 g/mol. The van der Waals surface area contributed by atoms with Crippen LogP contribution in [-0.2, 0) is 11.2 Å². The van der Waals surface area contributed by atoms with Gasteiger partial charge in [-0.25, -0.2) is 0 Å². The molecule has 0 fully saturated rings. The fraction of sp³-hybridized carbons (Fsp3) is 0.333. The van der Waals surface area contributed by atoms with Crippen LogP contribution in [0.5, 0.6) is 5.75 Å². The van der Waals surface area contributed by atoms with Crippen LogP contribution in [0.3, 0.4) is 0 Å². The van der Waals surface area contributed by atoms with E-state index in [4.69, 9.17) is 4.74 Å². The molecule has 2 aromatic rings. The third kappa shape index (κ3) is 4.04. The molecule has 26 heavy (non-hydrogen) atoms. The average Bonchev–Trinajstić information content (AvgIpc) is 2.60.